The van der Waals surface area contributed by atoms with Gasteiger partial charge in [-0.2, -0.15) is 0 Å². The van der Waals surface area contributed by atoms with Gasteiger partial charge >= 0.3 is 0 Å². The van der Waals surface area contributed by atoms with Crippen molar-refractivity contribution in [1.82, 2.24) is 4.90 Å². The summed E-state index contributed by atoms with van der Waals surface area (Å²) in [7, 11) is 5.90. The Hall–Kier alpha value is -1.02. The molecule has 0 aromatic heterocycles. The molecule has 0 saturated heterocycles. The molecule has 0 saturated carbocycles. The maximum atomic E-state index is 5.11. The second kappa shape index (κ2) is 5.01. The molecule has 14 heavy (non-hydrogen) atoms. The van der Waals surface area contributed by atoms with Gasteiger partial charge in [-0.25, -0.2) is 0 Å². The molecule has 1 unspecified atom stereocenters. The molecule has 0 aliphatic heterocycles. The van der Waals surface area contributed by atoms with E-state index < -0.39 is 0 Å². The van der Waals surface area contributed by atoms with Crippen LogP contribution >= 0.6 is 0 Å². The number of likely N-dealkylation sites (N-methyl/N-ethyl adjacent to an activating group) is 1. The van der Waals surface area contributed by atoms with E-state index in [4.69, 9.17) is 4.74 Å². The van der Waals surface area contributed by atoms with Crippen LogP contribution in [0.15, 0.2) is 24.3 Å². The van der Waals surface area contributed by atoms with Crippen molar-refractivity contribution in [3.63, 3.8) is 0 Å². The summed E-state index contributed by atoms with van der Waals surface area (Å²) in [5.41, 5.74) is 1.35. The number of rotatable bonds is 4. The van der Waals surface area contributed by atoms with Crippen molar-refractivity contribution in [2.24, 2.45) is 0 Å². The first-order valence-corrected chi connectivity index (χ1v) is 4.93. The van der Waals surface area contributed by atoms with Crippen LogP contribution in [0, 0.1) is 0 Å². The van der Waals surface area contributed by atoms with Crippen molar-refractivity contribution >= 4 is 0 Å². The molecule has 1 rings (SSSR count). The summed E-state index contributed by atoms with van der Waals surface area (Å²) in [5, 5.41) is 0. The van der Waals surface area contributed by atoms with E-state index >= 15 is 0 Å². The first-order chi connectivity index (χ1) is 6.63. The van der Waals surface area contributed by atoms with Gasteiger partial charge in [0.1, 0.15) is 5.75 Å². The van der Waals surface area contributed by atoms with E-state index in [9.17, 15) is 0 Å². The first kappa shape index (κ1) is 11.1. The second-order valence-electron chi connectivity index (χ2n) is 3.86. The molecule has 0 aliphatic rings. The summed E-state index contributed by atoms with van der Waals surface area (Å²) in [6.45, 7) is 2.23. The van der Waals surface area contributed by atoms with Crippen molar-refractivity contribution in [2.75, 3.05) is 21.2 Å². The molecule has 78 valence electrons. The summed E-state index contributed by atoms with van der Waals surface area (Å²) in [6, 6.07) is 8.84. The van der Waals surface area contributed by atoms with E-state index in [2.05, 4.69) is 38.1 Å². The number of hydrogen-bond donors (Lipinski definition) is 0. The van der Waals surface area contributed by atoms with Crippen LogP contribution in [0.1, 0.15) is 12.5 Å². The van der Waals surface area contributed by atoms with Gasteiger partial charge in [-0.3, -0.25) is 0 Å². The fourth-order valence-electron chi connectivity index (χ4n) is 1.29. The Labute approximate surface area is 86.5 Å². The van der Waals surface area contributed by atoms with Crippen LogP contribution in [0.5, 0.6) is 5.75 Å². The lowest BCUT2D eigenvalue weighted by molar-refractivity contribution is 0.312. The average Bonchev–Trinajstić information content (AvgIpc) is 2.19. The van der Waals surface area contributed by atoms with Gasteiger partial charge in [0.2, 0.25) is 0 Å². The van der Waals surface area contributed by atoms with Gasteiger partial charge in [0, 0.05) is 6.04 Å². The van der Waals surface area contributed by atoms with Gasteiger partial charge in [-0.05, 0) is 45.1 Å². The maximum absolute atomic E-state index is 5.11. The Morgan fingerprint density at radius 2 is 1.79 bits per heavy atom. The minimum atomic E-state index is 0.573. The van der Waals surface area contributed by atoms with Crippen LogP contribution in [-0.2, 0) is 6.42 Å². The van der Waals surface area contributed by atoms with E-state index in [0.29, 0.717) is 6.04 Å². The molecule has 2 heteroatoms. The van der Waals surface area contributed by atoms with Crippen LogP contribution in [0.2, 0.25) is 0 Å². The molecule has 0 N–H and O–H groups in total. The maximum Gasteiger partial charge on any atom is 0.118 e. The summed E-state index contributed by atoms with van der Waals surface area (Å²) in [6.07, 6.45) is 1.08. The van der Waals surface area contributed by atoms with Crippen LogP contribution < -0.4 is 4.74 Å². The highest BCUT2D eigenvalue weighted by Gasteiger charge is 2.05. The molecule has 1 aromatic carbocycles. The van der Waals surface area contributed by atoms with E-state index in [-0.39, 0.29) is 0 Å². The van der Waals surface area contributed by atoms with E-state index in [1.807, 2.05) is 12.1 Å². The summed E-state index contributed by atoms with van der Waals surface area (Å²) in [4.78, 5) is 2.23. The van der Waals surface area contributed by atoms with Crippen molar-refractivity contribution in [2.45, 2.75) is 19.4 Å². The van der Waals surface area contributed by atoms with Gasteiger partial charge in [0.15, 0.2) is 0 Å². The van der Waals surface area contributed by atoms with E-state index in [1.54, 1.807) is 7.11 Å². The Kier molecular flexibility index (Phi) is 3.96. The smallest absolute Gasteiger partial charge is 0.118 e. The molecular weight excluding hydrogens is 174 g/mol. The zero-order valence-corrected chi connectivity index (χ0v) is 9.45. The van der Waals surface area contributed by atoms with Gasteiger partial charge in [0.25, 0.3) is 0 Å². The molecule has 0 radical (unpaired) electrons. The topological polar surface area (TPSA) is 12.5 Å². The van der Waals surface area contributed by atoms with Crippen molar-refractivity contribution in [3.05, 3.63) is 29.8 Å². The lowest BCUT2D eigenvalue weighted by Crippen LogP contribution is -2.26. The number of ether oxygens (including phenoxy) is 1. The molecule has 0 amide bonds. The Morgan fingerprint density at radius 3 is 2.21 bits per heavy atom. The summed E-state index contributed by atoms with van der Waals surface area (Å²) in [5.74, 6) is 0.922. The third kappa shape index (κ3) is 3.04. The van der Waals surface area contributed by atoms with Crippen LogP contribution in [0.3, 0.4) is 0 Å². The van der Waals surface area contributed by atoms with Crippen LogP contribution in [-0.4, -0.2) is 32.1 Å². The largest absolute Gasteiger partial charge is 0.497 e. The van der Waals surface area contributed by atoms with Crippen molar-refractivity contribution in [1.29, 1.82) is 0 Å². The van der Waals surface area contributed by atoms with Gasteiger partial charge in [-0.15, -0.1) is 0 Å². The summed E-state index contributed by atoms with van der Waals surface area (Å²) >= 11 is 0. The van der Waals surface area contributed by atoms with Gasteiger partial charge < -0.3 is 9.64 Å². The zero-order valence-electron chi connectivity index (χ0n) is 9.45. The Morgan fingerprint density at radius 1 is 1.21 bits per heavy atom. The lowest BCUT2D eigenvalue weighted by Gasteiger charge is -2.19. The van der Waals surface area contributed by atoms with Crippen LogP contribution in [0.4, 0.5) is 0 Å². The molecule has 0 heterocycles. The number of benzene rings is 1. The SMILES string of the molecule is COc1ccc(CC(C)N(C)C)cc1. The van der Waals surface area contributed by atoms with Gasteiger partial charge in [-0.1, -0.05) is 12.1 Å². The molecule has 0 fully saturated rings. The molecule has 0 aliphatic carbocycles. The average molecular weight is 193 g/mol. The van der Waals surface area contributed by atoms with Crippen molar-refractivity contribution in [3.8, 4) is 5.75 Å². The Balaban J connectivity index is 2.59. The number of hydrogen-bond acceptors (Lipinski definition) is 2. The lowest BCUT2D eigenvalue weighted by atomic mass is 10.1. The fourth-order valence-corrected chi connectivity index (χ4v) is 1.29. The molecule has 0 spiro atoms. The standard InChI is InChI=1S/C12H19NO/c1-10(13(2)3)9-11-5-7-12(14-4)8-6-11/h5-8,10H,9H2,1-4H3. The molecule has 0 bridgehead atoms. The predicted octanol–water partition coefficient (Wildman–Crippen LogP) is 2.19. The highest BCUT2D eigenvalue weighted by molar-refractivity contribution is 5.27. The quantitative estimate of drug-likeness (QED) is 0.726. The normalized spacial score (nSPS) is 12.9. The third-order valence-electron chi connectivity index (χ3n) is 2.57. The zero-order chi connectivity index (χ0) is 10.6. The second-order valence-corrected chi connectivity index (χ2v) is 3.86. The Bertz CT molecular complexity index is 266. The first-order valence-electron chi connectivity index (χ1n) is 4.93. The molecule has 1 aromatic rings. The molecule has 2 nitrogen and oxygen atoms in total. The van der Waals surface area contributed by atoms with Gasteiger partial charge in [0.05, 0.1) is 7.11 Å². The van der Waals surface area contributed by atoms with E-state index in [1.165, 1.54) is 5.56 Å². The third-order valence-corrected chi connectivity index (χ3v) is 2.57. The fraction of sp³-hybridized carbons (Fsp3) is 0.500. The predicted molar refractivity (Wildman–Crippen MR) is 59.8 cm³/mol. The molecular formula is C12H19NO. The van der Waals surface area contributed by atoms with Crippen molar-refractivity contribution < 1.29 is 4.74 Å². The highest BCUT2D eigenvalue weighted by Crippen LogP contribution is 2.13. The molecule has 1 atom stereocenters. The number of methoxy groups -OCH3 is 1. The number of nitrogens with zero attached hydrogens (tertiary/aromatic N) is 1. The minimum absolute atomic E-state index is 0.573. The highest BCUT2D eigenvalue weighted by atomic mass is 16.5. The summed E-state index contributed by atoms with van der Waals surface area (Å²) < 4.78 is 5.11. The van der Waals surface area contributed by atoms with Crippen LogP contribution in [0.25, 0.3) is 0 Å². The minimum Gasteiger partial charge on any atom is -0.497 e. The monoisotopic (exact) mass is 193 g/mol. The van der Waals surface area contributed by atoms with E-state index in [0.717, 1.165) is 12.2 Å².